The molecule has 7 aromatic rings. The third-order valence-corrected chi connectivity index (χ3v) is 6.34. The van der Waals surface area contributed by atoms with Crippen LogP contribution in [-0.2, 0) is 0 Å². The summed E-state index contributed by atoms with van der Waals surface area (Å²) in [5, 5.41) is 2.28. The molecule has 160 valence electrons. The van der Waals surface area contributed by atoms with E-state index in [9.17, 15) is 0 Å². The lowest BCUT2D eigenvalue weighted by atomic mass is 9.97. The Labute approximate surface area is 195 Å². The minimum Gasteiger partial charge on any atom is -0.455 e. The van der Waals surface area contributed by atoms with Crippen LogP contribution in [-0.4, -0.2) is 4.98 Å². The first kappa shape index (κ1) is 18.9. The highest BCUT2D eigenvalue weighted by Crippen LogP contribution is 2.37. The summed E-state index contributed by atoms with van der Waals surface area (Å²) in [4.78, 5) is 4.61. The summed E-state index contributed by atoms with van der Waals surface area (Å²) in [6, 6.07) is 39.3. The van der Waals surface area contributed by atoms with Crippen molar-refractivity contribution in [3.8, 4) is 33.7 Å². The van der Waals surface area contributed by atoms with Gasteiger partial charge in [-0.1, -0.05) is 78.9 Å². The minimum absolute atomic E-state index is 0.637. The van der Waals surface area contributed by atoms with Crippen molar-refractivity contribution in [3.05, 3.63) is 115 Å². The second kappa shape index (κ2) is 7.46. The minimum atomic E-state index is 0.637. The van der Waals surface area contributed by atoms with Crippen LogP contribution in [0.15, 0.2) is 124 Å². The quantitative estimate of drug-likeness (QED) is 0.277. The lowest BCUT2D eigenvalue weighted by Crippen LogP contribution is -1.83. The fourth-order valence-electron chi connectivity index (χ4n) is 4.64. The van der Waals surface area contributed by atoms with E-state index >= 15 is 0 Å². The Morgan fingerprint density at radius 3 is 2.06 bits per heavy atom. The lowest BCUT2D eigenvalue weighted by Gasteiger charge is -2.07. The monoisotopic (exact) mass is 437 g/mol. The van der Waals surface area contributed by atoms with E-state index in [0.717, 1.165) is 60.9 Å². The van der Waals surface area contributed by atoms with Crippen molar-refractivity contribution in [2.45, 2.75) is 0 Å². The van der Waals surface area contributed by atoms with Crippen LogP contribution in [0.2, 0.25) is 0 Å². The second-order valence-corrected chi connectivity index (χ2v) is 8.43. The number of furan rings is 1. The molecule has 34 heavy (non-hydrogen) atoms. The standard InChI is InChI=1S/C31H19NO2/c1-3-13-28-25(9-1)26-11-6-10-24(30(26)33-28)23-8-5-7-22(19-23)20-15-17-21(18-16-20)31-32-27-12-2-4-14-29(27)34-31/h1-19H. The number of hydrogen-bond donors (Lipinski definition) is 0. The van der Waals surface area contributed by atoms with Crippen molar-refractivity contribution < 1.29 is 8.83 Å². The highest BCUT2D eigenvalue weighted by molar-refractivity contribution is 6.09. The zero-order valence-corrected chi connectivity index (χ0v) is 18.2. The zero-order chi connectivity index (χ0) is 22.5. The smallest absolute Gasteiger partial charge is 0.227 e. The third kappa shape index (κ3) is 3.02. The average molecular weight is 437 g/mol. The lowest BCUT2D eigenvalue weighted by molar-refractivity contribution is 0.620. The maximum atomic E-state index is 6.26. The maximum Gasteiger partial charge on any atom is 0.227 e. The number of hydrogen-bond acceptors (Lipinski definition) is 3. The molecule has 0 amide bonds. The summed E-state index contributed by atoms with van der Waals surface area (Å²) in [6.07, 6.45) is 0. The molecule has 0 bridgehead atoms. The molecule has 3 heteroatoms. The second-order valence-electron chi connectivity index (χ2n) is 8.43. The molecular weight excluding hydrogens is 418 g/mol. The van der Waals surface area contributed by atoms with E-state index in [1.165, 1.54) is 0 Å². The van der Waals surface area contributed by atoms with Crippen LogP contribution < -0.4 is 0 Å². The number of para-hydroxylation sites is 4. The van der Waals surface area contributed by atoms with Crippen LogP contribution in [0.25, 0.3) is 66.7 Å². The van der Waals surface area contributed by atoms with Gasteiger partial charge in [-0.3, -0.25) is 0 Å². The summed E-state index contributed by atoms with van der Waals surface area (Å²) in [6.45, 7) is 0. The summed E-state index contributed by atoms with van der Waals surface area (Å²) in [7, 11) is 0. The van der Waals surface area contributed by atoms with Gasteiger partial charge < -0.3 is 8.83 Å². The van der Waals surface area contributed by atoms with Crippen molar-refractivity contribution in [2.75, 3.05) is 0 Å². The maximum absolute atomic E-state index is 6.26. The number of aromatic nitrogens is 1. The molecule has 0 saturated carbocycles. The molecule has 0 N–H and O–H groups in total. The molecule has 0 unspecified atom stereocenters. The van der Waals surface area contributed by atoms with E-state index in [2.05, 4.69) is 83.8 Å². The van der Waals surface area contributed by atoms with Gasteiger partial charge in [-0.05, 0) is 53.1 Å². The van der Waals surface area contributed by atoms with Crippen LogP contribution in [0.4, 0.5) is 0 Å². The molecule has 0 radical (unpaired) electrons. The van der Waals surface area contributed by atoms with Crippen molar-refractivity contribution in [1.82, 2.24) is 4.98 Å². The number of nitrogens with zero attached hydrogens (tertiary/aromatic N) is 1. The Kier molecular flexibility index (Phi) is 4.15. The van der Waals surface area contributed by atoms with Crippen LogP contribution in [0.5, 0.6) is 0 Å². The molecule has 2 heterocycles. The molecule has 7 rings (SSSR count). The van der Waals surface area contributed by atoms with E-state index < -0.39 is 0 Å². The van der Waals surface area contributed by atoms with Gasteiger partial charge in [0.25, 0.3) is 0 Å². The van der Waals surface area contributed by atoms with E-state index in [4.69, 9.17) is 8.83 Å². The van der Waals surface area contributed by atoms with Gasteiger partial charge in [0.1, 0.15) is 16.7 Å². The van der Waals surface area contributed by atoms with Crippen molar-refractivity contribution in [3.63, 3.8) is 0 Å². The summed E-state index contributed by atoms with van der Waals surface area (Å²) < 4.78 is 12.2. The summed E-state index contributed by atoms with van der Waals surface area (Å²) >= 11 is 0. The predicted octanol–water partition coefficient (Wildman–Crippen LogP) is 8.73. The van der Waals surface area contributed by atoms with Crippen LogP contribution in [0.1, 0.15) is 0 Å². The predicted molar refractivity (Wildman–Crippen MR) is 138 cm³/mol. The Morgan fingerprint density at radius 1 is 0.471 bits per heavy atom. The van der Waals surface area contributed by atoms with Crippen LogP contribution in [0, 0.1) is 0 Å². The van der Waals surface area contributed by atoms with E-state index in [1.807, 2.05) is 36.4 Å². The van der Waals surface area contributed by atoms with E-state index in [-0.39, 0.29) is 0 Å². The number of oxazole rings is 1. The molecule has 3 nitrogen and oxygen atoms in total. The summed E-state index contributed by atoms with van der Waals surface area (Å²) in [5.41, 5.74) is 8.98. The average Bonchev–Trinajstić information content (AvgIpc) is 3.50. The molecule has 0 atom stereocenters. The Morgan fingerprint density at radius 2 is 1.18 bits per heavy atom. The van der Waals surface area contributed by atoms with Gasteiger partial charge in [-0.15, -0.1) is 0 Å². The fraction of sp³-hybridized carbons (Fsp3) is 0. The molecule has 0 spiro atoms. The van der Waals surface area contributed by atoms with E-state index in [1.54, 1.807) is 0 Å². The van der Waals surface area contributed by atoms with Crippen molar-refractivity contribution in [1.29, 1.82) is 0 Å². The van der Waals surface area contributed by atoms with Gasteiger partial charge in [0.2, 0.25) is 5.89 Å². The molecular formula is C31H19NO2. The Hall–Kier alpha value is -4.63. The van der Waals surface area contributed by atoms with Crippen molar-refractivity contribution in [2.24, 2.45) is 0 Å². The first-order valence-corrected chi connectivity index (χ1v) is 11.3. The van der Waals surface area contributed by atoms with Gasteiger partial charge in [0, 0.05) is 21.9 Å². The summed E-state index contributed by atoms with van der Waals surface area (Å²) in [5.74, 6) is 0.637. The molecule has 0 aliphatic rings. The molecule has 0 saturated heterocycles. The van der Waals surface area contributed by atoms with Gasteiger partial charge in [-0.2, -0.15) is 0 Å². The number of benzene rings is 5. The zero-order valence-electron chi connectivity index (χ0n) is 18.2. The molecule has 2 aromatic heterocycles. The first-order chi connectivity index (χ1) is 16.8. The van der Waals surface area contributed by atoms with Crippen LogP contribution >= 0.6 is 0 Å². The molecule has 0 aliphatic heterocycles. The van der Waals surface area contributed by atoms with Gasteiger partial charge in [0.05, 0.1) is 0 Å². The molecule has 5 aromatic carbocycles. The SMILES string of the molecule is c1cc(-c2ccc(-c3nc4ccccc4o3)cc2)cc(-c2cccc3c2oc2ccccc23)c1. The van der Waals surface area contributed by atoms with Gasteiger partial charge in [-0.25, -0.2) is 4.98 Å². The Balaban J connectivity index is 1.28. The normalized spacial score (nSPS) is 11.5. The van der Waals surface area contributed by atoms with Crippen molar-refractivity contribution >= 4 is 33.0 Å². The molecule has 0 aliphatic carbocycles. The van der Waals surface area contributed by atoms with Gasteiger partial charge >= 0.3 is 0 Å². The molecule has 0 fully saturated rings. The Bertz CT molecular complexity index is 1770. The van der Waals surface area contributed by atoms with E-state index in [0.29, 0.717) is 5.89 Å². The first-order valence-electron chi connectivity index (χ1n) is 11.3. The highest BCUT2D eigenvalue weighted by Gasteiger charge is 2.13. The number of rotatable bonds is 3. The largest absolute Gasteiger partial charge is 0.455 e. The fourth-order valence-corrected chi connectivity index (χ4v) is 4.64. The highest BCUT2D eigenvalue weighted by atomic mass is 16.3. The van der Waals surface area contributed by atoms with Crippen LogP contribution in [0.3, 0.4) is 0 Å². The topological polar surface area (TPSA) is 39.2 Å². The van der Waals surface area contributed by atoms with Gasteiger partial charge in [0.15, 0.2) is 5.58 Å². The number of fused-ring (bicyclic) bond motifs is 4. The third-order valence-electron chi connectivity index (χ3n) is 6.34.